The highest BCUT2D eigenvalue weighted by Gasteiger charge is 2.20. The Bertz CT molecular complexity index is 545. The maximum atomic E-state index is 14.0. The number of halogens is 1. The Hall–Kier alpha value is -1.14. The molecule has 100 valence electrons. The van der Waals surface area contributed by atoms with E-state index in [9.17, 15) is 12.8 Å². The maximum Gasteiger partial charge on any atom is 0.175 e. The van der Waals surface area contributed by atoms with E-state index in [1.807, 2.05) is 11.8 Å². The molecule has 1 N–H and O–H groups in total. The molecule has 1 fully saturated rings. The average Bonchev–Trinajstić information content (AvgIpc) is 2.27. The predicted octanol–water partition coefficient (Wildman–Crippen LogP) is 1.03. The van der Waals surface area contributed by atoms with Crippen molar-refractivity contribution in [2.75, 3.05) is 30.8 Å². The molecule has 0 spiro atoms. The van der Waals surface area contributed by atoms with Gasteiger partial charge >= 0.3 is 0 Å². The molecule has 0 unspecified atom stereocenters. The van der Waals surface area contributed by atoms with E-state index in [4.69, 9.17) is 0 Å². The minimum absolute atomic E-state index is 0.0203. The van der Waals surface area contributed by atoms with Gasteiger partial charge in [-0.3, -0.25) is 0 Å². The van der Waals surface area contributed by atoms with Gasteiger partial charge in [0.05, 0.1) is 10.6 Å². The quantitative estimate of drug-likeness (QED) is 0.873. The van der Waals surface area contributed by atoms with Gasteiger partial charge in [-0.1, -0.05) is 0 Å². The Morgan fingerprint density at radius 2 is 2.17 bits per heavy atom. The van der Waals surface area contributed by atoms with Gasteiger partial charge in [0.15, 0.2) is 9.84 Å². The summed E-state index contributed by atoms with van der Waals surface area (Å²) in [5, 5.41) is 3.28. The number of piperazine rings is 1. The maximum absolute atomic E-state index is 14.0. The molecular weight excluding hydrogens is 255 g/mol. The van der Waals surface area contributed by atoms with Gasteiger partial charge in [0.25, 0.3) is 0 Å². The highest BCUT2D eigenvalue weighted by Crippen LogP contribution is 2.23. The van der Waals surface area contributed by atoms with Gasteiger partial charge in [-0.15, -0.1) is 0 Å². The molecule has 1 aliphatic rings. The van der Waals surface area contributed by atoms with Crippen molar-refractivity contribution in [3.05, 3.63) is 24.0 Å². The Morgan fingerprint density at radius 1 is 1.44 bits per heavy atom. The summed E-state index contributed by atoms with van der Waals surface area (Å²) in [5.41, 5.74) is 0.468. The summed E-state index contributed by atoms with van der Waals surface area (Å²) < 4.78 is 36.6. The number of sulfone groups is 1. The van der Waals surface area contributed by atoms with Crippen LogP contribution in [0.5, 0.6) is 0 Å². The first kappa shape index (κ1) is 13.3. The van der Waals surface area contributed by atoms with Crippen LogP contribution in [0.2, 0.25) is 0 Å². The van der Waals surface area contributed by atoms with Gasteiger partial charge in [-0.05, 0) is 25.1 Å². The first-order valence-corrected chi connectivity index (χ1v) is 7.75. The molecule has 1 aromatic rings. The second-order valence-electron chi connectivity index (χ2n) is 4.69. The largest absolute Gasteiger partial charge is 0.366 e. The van der Waals surface area contributed by atoms with E-state index in [1.54, 1.807) is 6.07 Å². The standard InChI is InChI=1S/C12H17FN2O2S/c1-9-8-15(6-5-14-9)12-4-3-10(7-11(12)13)18(2,16)17/h3-4,7,9,14H,5-6,8H2,1-2H3/t9-/m1/s1. The smallest absolute Gasteiger partial charge is 0.175 e. The lowest BCUT2D eigenvalue weighted by Gasteiger charge is -2.33. The van der Waals surface area contributed by atoms with Crippen molar-refractivity contribution in [1.29, 1.82) is 0 Å². The third kappa shape index (κ3) is 2.81. The first-order chi connectivity index (χ1) is 8.38. The van der Waals surface area contributed by atoms with Gasteiger partial charge in [-0.2, -0.15) is 0 Å². The molecule has 18 heavy (non-hydrogen) atoms. The van der Waals surface area contributed by atoms with E-state index < -0.39 is 15.7 Å². The summed E-state index contributed by atoms with van der Waals surface area (Å²) in [6, 6.07) is 4.40. The average molecular weight is 272 g/mol. The third-order valence-corrected chi connectivity index (χ3v) is 4.17. The van der Waals surface area contributed by atoms with Crippen LogP contribution in [0, 0.1) is 5.82 Å². The molecule has 0 bridgehead atoms. The lowest BCUT2D eigenvalue weighted by Crippen LogP contribution is -2.49. The number of rotatable bonds is 2. The van der Waals surface area contributed by atoms with E-state index in [1.165, 1.54) is 6.07 Å². The van der Waals surface area contributed by atoms with Crippen LogP contribution in [0.1, 0.15) is 6.92 Å². The monoisotopic (exact) mass is 272 g/mol. The zero-order chi connectivity index (χ0) is 13.3. The van der Waals surface area contributed by atoms with Crippen LogP contribution >= 0.6 is 0 Å². The second-order valence-corrected chi connectivity index (χ2v) is 6.70. The fourth-order valence-corrected chi connectivity index (χ4v) is 2.76. The Balaban J connectivity index is 2.30. The summed E-state index contributed by atoms with van der Waals surface area (Å²) in [5.74, 6) is -0.480. The Morgan fingerprint density at radius 3 is 2.72 bits per heavy atom. The van der Waals surface area contributed by atoms with Gasteiger partial charge in [0, 0.05) is 31.9 Å². The molecule has 0 radical (unpaired) electrons. The number of nitrogens with zero attached hydrogens (tertiary/aromatic N) is 1. The van der Waals surface area contributed by atoms with Gasteiger partial charge in [0.2, 0.25) is 0 Å². The highest BCUT2D eigenvalue weighted by atomic mass is 32.2. The van der Waals surface area contributed by atoms with Crippen molar-refractivity contribution in [2.24, 2.45) is 0 Å². The predicted molar refractivity (Wildman–Crippen MR) is 69.2 cm³/mol. The fraction of sp³-hybridized carbons (Fsp3) is 0.500. The zero-order valence-electron chi connectivity index (χ0n) is 10.5. The summed E-state index contributed by atoms with van der Waals surface area (Å²) in [6.07, 6.45) is 1.08. The lowest BCUT2D eigenvalue weighted by atomic mass is 10.2. The minimum Gasteiger partial charge on any atom is -0.366 e. The van der Waals surface area contributed by atoms with E-state index in [0.717, 1.165) is 32.0 Å². The van der Waals surface area contributed by atoms with Crippen LogP contribution in [0.25, 0.3) is 0 Å². The van der Waals surface area contributed by atoms with E-state index >= 15 is 0 Å². The van der Waals surface area contributed by atoms with Crippen molar-refractivity contribution in [3.63, 3.8) is 0 Å². The summed E-state index contributed by atoms with van der Waals surface area (Å²) >= 11 is 0. The molecule has 0 aromatic heterocycles. The van der Waals surface area contributed by atoms with Crippen molar-refractivity contribution in [1.82, 2.24) is 5.32 Å². The van der Waals surface area contributed by atoms with E-state index in [0.29, 0.717) is 11.7 Å². The van der Waals surface area contributed by atoms with Crippen LogP contribution in [0.3, 0.4) is 0 Å². The molecule has 6 heteroatoms. The van der Waals surface area contributed by atoms with Crippen molar-refractivity contribution in [3.8, 4) is 0 Å². The van der Waals surface area contributed by atoms with Crippen LogP contribution in [-0.2, 0) is 9.84 Å². The second kappa shape index (κ2) is 4.85. The number of nitrogens with one attached hydrogen (secondary N) is 1. The molecule has 1 saturated heterocycles. The van der Waals surface area contributed by atoms with Gasteiger partial charge < -0.3 is 10.2 Å². The number of hydrogen-bond acceptors (Lipinski definition) is 4. The summed E-state index contributed by atoms with van der Waals surface area (Å²) in [4.78, 5) is 1.95. The van der Waals surface area contributed by atoms with E-state index in [-0.39, 0.29) is 4.90 Å². The number of anilines is 1. The lowest BCUT2D eigenvalue weighted by molar-refractivity contribution is 0.478. The summed E-state index contributed by atoms with van der Waals surface area (Å²) in [6.45, 7) is 4.28. The van der Waals surface area contributed by atoms with Crippen LogP contribution in [-0.4, -0.2) is 40.3 Å². The van der Waals surface area contributed by atoms with Crippen molar-refractivity contribution < 1.29 is 12.8 Å². The first-order valence-electron chi connectivity index (χ1n) is 5.86. The Kier molecular flexibility index (Phi) is 3.59. The highest BCUT2D eigenvalue weighted by molar-refractivity contribution is 7.90. The van der Waals surface area contributed by atoms with Crippen LogP contribution < -0.4 is 10.2 Å². The Labute approximate surface area is 107 Å². The zero-order valence-corrected chi connectivity index (χ0v) is 11.3. The molecule has 4 nitrogen and oxygen atoms in total. The fourth-order valence-electron chi connectivity index (χ4n) is 2.13. The van der Waals surface area contributed by atoms with E-state index in [2.05, 4.69) is 5.32 Å². The molecule has 1 heterocycles. The third-order valence-electron chi connectivity index (χ3n) is 3.06. The topological polar surface area (TPSA) is 49.4 Å². The summed E-state index contributed by atoms with van der Waals surface area (Å²) in [7, 11) is -3.35. The van der Waals surface area contributed by atoms with Crippen molar-refractivity contribution >= 4 is 15.5 Å². The van der Waals surface area contributed by atoms with Gasteiger partial charge in [-0.25, -0.2) is 12.8 Å². The normalized spacial score (nSPS) is 21.1. The van der Waals surface area contributed by atoms with Gasteiger partial charge in [0.1, 0.15) is 5.82 Å². The number of hydrogen-bond donors (Lipinski definition) is 1. The molecule has 0 amide bonds. The number of benzene rings is 1. The van der Waals surface area contributed by atoms with Crippen LogP contribution in [0.15, 0.2) is 23.1 Å². The molecule has 1 aromatic carbocycles. The molecule has 1 aliphatic heterocycles. The van der Waals surface area contributed by atoms with Crippen LogP contribution in [0.4, 0.5) is 10.1 Å². The SMILES string of the molecule is C[C@@H]1CN(c2ccc(S(C)(=O)=O)cc2F)CCN1. The molecule has 0 saturated carbocycles. The molecular formula is C12H17FN2O2S. The molecule has 0 aliphatic carbocycles. The minimum atomic E-state index is -3.35. The molecule has 1 atom stereocenters. The van der Waals surface area contributed by atoms with Crippen molar-refractivity contribution in [2.45, 2.75) is 17.9 Å². The molecule has 2 rings (SSSR count).